The van der Waals surface area contributed by atoms with Crippen molar-refractivity contribution in [2.75, 3.05) is 31.6 Å². The Hall–Kier alpha value is -3.86. The summed E-state index contributed by atoms with van der Waals surface area (Å²) in [5.74, 6) is -0.930. The Balaban J connectivity index is 1.40. The van der Waals surface area contributed by atoms with E-state index in [-0.39, 0.29) is 59.1 Å². The third-order valence-electron chi connectivity index (χ3n) is 8.37. The van der Waals surface area contributed by atoms with E-state index in [0.717, 1.165) is 19.4 Å². The Kier molecular flexibility index (Phi) is 5.71. The number of alkyl halides is 1. The molecule has 3 aliphatic rings. The van der Waals surface area contributed by atoms with Gasteiger partial charge in [-0.15, -0.1) is 0 Å². The second kappa shape index (κ2) is 9.09. The molecule has 0 aliphatic carbocycles. The molecular formula is C29H28F3N5O3. The fourth-order valence-electron chi connectivity index (χ4n) is 6.49. The molecule has 5 heterocycles. The predicted octanol–water partition coefficient (Wildman–Crippen LogP) is 5.29. The van der Waals surface area contributed by atoms with Crippen molar-refractivity contribution in [2.24, 2.45) is 0 Å². The van der Waals surface area contributed by atoms with E-state index in [9.17, 15) is 13.9 Å². The van der Waals surface area contributed by atoms with Crippen molar-refractivity contribution in [1.82, 2.24) is 19.9 Å². The number of benzene rings is 2. The minimum Gasteiger partial charge on any atom is -0.508 e. The second-order valence-electron chi connectivity index (χ2n) is 11.1. The highest BCUT2D eigenvalue weighted by atomic mass is 19.1. The average Bonchev–Trinajstić information content (AvgIpc) is 3.39. The van der Waals surface area contributed by atoms with Gasteiger partial charge in [0.2, 0.25) is 5.88 Å². The molecular weight excluding hydrogens is 523 g/mol. The molecule has 0 unspecified atom stereocenters. The summed E-state index contributed by atoms with van der Waals surface area (Å²) < 4.78 is 57.4. The van der Waals surface area contributed by atoms with Gasteiger partial charge in [0.15, 0.2) is 5.82 Å². The minimum absolute atomic E-state index is 0.0439. The molecule has 3 aliphatic heterocycles. The van der Waals surface area contributed by atoms with Crippen molar-refractivity contribution < 1.29 is 27.8 Å². The van der Waals surface area contributed by atoms with E-state index in [4.69, 9.17) is 9.47 Å². The second-order valence-corrected chi connectivity index (χ2v) is 11.1. The highest BCUT2D eigenvalue weighted by Gasteiger charge is 2.49. The number of nitrogens with zero attached hydrogens (tertiary/aromatic N) is 4. The lowest BCUT2D eigenvalue weighted by atomic mass is 9.95. The highest BCUT2D eigenvalue weighted by molar-refractivity contribution is 6.03. The molecule has 0 spiro atoms. The summed E-state index contributed by atoms with van der Waals surface area (Å²) in [4.78, 5) is 15.6. The van der Waals surface area contributed by atoms with Crippen LogP contribution in [0, 0.1) is 18.6 Å². The molecule has 0 saturated carbocycles. The van der Waals surface area contributed by atoms with Crippen LogP contribution in [0.25, 0.3) is 32.9 Å². The summed E-state index contributed by atoms with van der Waals surface area (Å²) in [7, 11) is 0. The predicted molar refractivity (Wildman–Crippen MR) is 144 cm³/mol. The molecule has 4 aromatic rings. The molecule has 11 heteroatoms. The summed E-state index contributed by atoms with van der Waals surface area (Å²) in [5.41, 5.74) is -0.141. The maximum absolute atomic E-state index is 16.5. The molecule has 2 aromatic heterocycles. The van der Waals surface area contributed by atoms with Gasteiger partial charge in [-0.1, -0.05) is 6.07 Å². The van der Waals surface area contributed by atoms with Crippen LogP contribution in [0.2, 0.25) is 0 Å². The Bertz CT molecular complexity index is 1690. The van der Waals surface area contributed by atoms with Crippen LogP contribution in [0.3, 0.4) is 0 Å². The van der Waals surface area contributed by atoms with Crippen LogP contribution in [0.4, 0.5) is 19.0 Å². The SMILES string of the molecule is Cc1c(F)ccc2cc(O)cc(-c3nc4c5c(nc(OC[C@@]67CCCN6C[C@H](F)C7)nc5c3F)N[C@@H](C)CO4)c12. The highest BCUT2D eigenvalue weighted by Crippen LogP contribution is 2.43. The molecule has 2 saturated heterocycles. The third kappa shape index (κ3) is 3.89. The number of pyridine rings is 1. The molecule has 2 aromatic carbocycles. The number of ether oxygens (including phenoxy) is 2. The molecule has 40 heavy (non-hydrogen) atoms. The van der Waals surface area contributed by atoms with Gasteiger partial charge in [-0.05, 0) is 67.8 Å². The van der Waals surface area contributed by atoms with Gasteiger partial charge in [0.25, 0.3) is 0 Å². The maximum atomic E-state index is 16.5. The minimum atomic E-state index is -0.912. The zero-order chi connectivity index (χ0) is 27.8. The number of rotatable bonds is 4. The van der Waals surface area contributed by atoms with Crippen LogP contribution >= 0.6 is 0 Å². The fraction of sp³-hybridized carbons (Fsp3) is 0.414. The Labute approximate surface area is 228 Å². The molecule has 7 rings (SSSR count). The number of phenols is 1. The smallest absolute Gasteiger partial charge is 0.319 e. The Morgan fingerprint density at radius 1 is 1.20 bits per heavy atom. The number of anilines is 1. The van der Waals surface area contributed by atoms with Crippen LogP contribution in [0.1, 0.15) is 31.7 Å². The summed E-state index contributed by atoms with van der Waals surface area (Å²) in [6.07, 6.45) is 1.24. The number of aryl methyl sites for hydroxylation is 1. The van der Waals surface area contributed by atoms with Crippen molar-refractivity contribution in [3.8, 4) is 28.9 Å². The topological polar surface area (TPSA) is 92.6 Å². The van der Waals surface area contributed by atoms with Gasteiger partial charge in [0.05, 0.1) is 11.6 Å². The standard InChI is InChI=1S/C29H28F3N5O3/c1-14-12-39-27-22-25(23(32)24(34-27)19-9-18(38)8-16-4-5-20(31)15(2)21(16)19)35-28(36-26(22)33-14)40-13-29-6-3-7-37(29)11-17(30)10-29/h4-5,8-9,14,17,38H,3,6-7,10-13H2,1-2H3,(H,33,35,36)/t14-,17+,29-/m0/s1. The first-order chi connectivity index (χ1) is 19.2. The number of halogens is 3. The number of hydrogen-bond acceptors (Lipinski definition) is 8. The molecule has 2 fully saturated rings. The molecule has 2 N–H and O–H groups in total. The number of aromatic nitrogens is 3. The molecule has 208 valence electrons. The zero-order valence-electron chi connectivity index (χ0n) is 22.1. The number of nitrogens with one attached hydrogen (secondary N) is 1. The lowest BCUT2D eigenvalue weighted by Gasteiger charge is -2.30. The lowest BCUT2D eigenvalue weighted by Crippen LogP contribution is -2.43. The first kappa shape index (κ1) is 25.1. The van der Waals surface area contributed by atoms with E-state index in [1.54, 1.807) is 6.92 Å². The lowest BCUT2D eigenvalue weighted by molar-refractivity contribution is 0.107. The van der Waals surface area contributed by atoms with Crippen LogP contribution in [-0.2, 0) is 0 Å². The van der Waals surface area contributed by atoms with Crippen LogP contribution in [-0.4, -0.2) is 69.0 Å². The van der Waals surface area contributed by atoms with Crippen LogP contribution in [0.15, 0.2) is 24.3 Å². The van der Waals surface area contributed by atoms with Crippen LogP contribution < -0.4 is 14.8 Å². The number of phenolic OH excluding ortho intramolecular Hbond substituents is 1. The van der Waals surface area contributed by atoms with Crippen molar-refractivity contribution in [3.05, 3.63) is 41.5 Å². The maximum Gasteiger partial charge on any atom is 0.319 e. The van der Waals surface area contributed by atoms with E-state index in [2.05, 4.69) is 25.2 Å². The Morgan fingerprint density at radius 2 is 2.05 bits per heavy atom. The van der Waals surface area contributed by atoms with Crippen molar-refractivity contribution in [1.29, 1.82) is 0 Å². The van der Waals surface area contributed by atoms with Gasteiger partial charge in [0.1, 0.15) is 53.4 Å². The molecule has 3 atom stereocenters. The van der Waals surface area contributed by atoms with E-state index in [0.29, 0.717) is 35.1 Å². The third-order valence-corrected chi connectivity index (χ3v) is 8.37. The Morgan fingerprint density at radius 3 is 2.90 bits per heavy atom. The number of aromatic hydroxyl groups is 1. The van der Waals surface area contributed by atoms with Gasteiger partial charge in [-0.25, -0.2) is 18.2 Å². The summed E-state index contributed by atoms with van der Waals surface area (Å²) in [6, 6.07) is 5.45. The van der Waals surface area contributed by atoms with Gasteiger partial charge in [-0.3, -0.25) is 4.90 Å². The molecule has 0 amide bonds. The molecule has 0 radical (unpaired) electrons. The number of fused-ring (bicyclic) bond motifs is 2. The van der Waals surface area contributed by atoms with Gasteiger partial charge in [-0.2, -0.15) is 9.97 Å². The summed E-state index contributed by atoms with van der Waals surface area (Å²) in [5, 5.41) is 14.9. The molecule has 0 bridgehead atoms. The van der Waals surface area contributed by atoms with Crippen molar-refractivity contribution >= 4 is 27.5 Å². The average molecular weight is 552 g/mol. The summed E-state index contributed by atoms with van der Waals surface area (Å²) in [6.45, 7) is 5.10. The van der Waals surface area contributed by atoms with Gasteiger partial charge >= 0.3 is 6.01 Å². The monoisotopic (exact) mass is 551 g/mol. The zero-order valence-corrected chi connectivity index (χ0v) is 22.1. The van der Waals surface area contributed by atoms with Crippen LogP contribution in [0.5, 0.6) is 17.6 Å². The first-order valence-electron chi connectivity index (χ1n) is 13.5. The first-order valence-corrected chi connectivity index (χ1v) is 13.5. The fourth-order valence-corrected chi connectivity index (χ4v) is 6.49. The van der Waals surface area contributed by atoms with Gasteiger partial charge < -0.3 is 19.9 Å². The van der Waals surface area contributed by atoms with Gasteiger partial charge in [0, 0.05) is 18.5 Å². The largest absolute Gasteiger partial charge is 0.508 e. The van der Waals surface area contributed by atoms with Crippen molar-refractivity contribution in [2.45, 2.75) is 50.9 Å². The summed E-state index contributed by atoms with van der Waals surface area (Å²) >= 11 is 0. The van der Waals surface area contributed by atoms with Crippen molar-refractivity contribution in [3.63, 3.8) is 0 Å². The quantitative estimate of drug-likeness (QED) is 0.354. The normalized spacial score (nSPS) is 24.1. The van der Waals surface area contributed by atoms with E-state index >= 15 is 4.39 Å². The van der Waals surface area contributed by atoms with E-state index in [1.807, 2.05) is 6.92 Å². The van der Waals surface area contributed by atoms with E-state index in [1.165, 1.54) is 24.3 Å². The molecule has 8 nitrogen and oxygen atoms in total. The number of hydrogen-bond donors (Lipinski definition) is 2. The van der Waals surface area contributed by atoms with E-state index < -0.39 is 23.3 Å².